The van der Waals surface area contributed by atoms with Crippen molar-refractivity contribution in [2.45, 2.75) is 37.8 Å². The van der Waals surface area contributed by atoms with E-state index < -0.39 is 16.1 Å². The maximum Gasteiger partial charge on any atom is 0.316 e. The summed E-state index contributed by atoms with van der Waals surface area (Å²) in [5.74, 6) is 1.45. The van der Waals surface area contributed by atoms with Crippen LogP contribution in [0.4, 0.5) is 0 Å². The lowest BCUT2D eigenvalue weighted by molar-refractivity contribution is 0.297. The van der Waals surface area contributed by atoms with Crippen LogP contribution in [-0.2, 0) is 16.6 Å². The number of fused-ring (bicyclic) bond motifs is 1. The zero-order valence-electron chi connectivity index (χ0n) is 14.9. The minimum atomic E-state index is -3.78. The second-order valence-corrected chi connectivity index (χ2v) is 7.51. The van der Waals surface area contributed by atoms with Gasteiger partial charge in [-0.15, -0.1) is 5.10 Å². The zero-order valence-corrected chi connectivity index (χ0v) is 15.7. The van der Waals surface area contributed by atoms with E-state index in [9.17, 15) is 8.42 Å². The van der Waals surface area contributed by atoms with Gasteiger partial charge in [0.15, 0.2) is 17.3 Å². The van der Waals surface area contributed by atoms with Crippen molar-refractivity contribution < 1.29 is 22.6 Å². The lowest BCUT2D eigenvalue weighted by atomic mass is 10.3. The third kappa shape index (κ3) is 3.61. The van der Waals surface area contributed by atoms with Crippen LogP contribution in [0.3, 0.4) is 0 Å². The van der Waals surface area contributed by atoms with Gasteiger partial charge >= 0.3 is 6.01 Å². The molecular formula is C16H22N4O5S. The van der Waals surface area contributed by atoms with Crippen molar-refractivity contribution in [3.63, 3.8) is 0 Å². The lowest BCUT2D eigenvalue weighted by Crippen LogP contribution is -2.29. The van der Waals surface area contributed by atoms with E-state index in [0.717, 1.165) is 6.42 Å². The van der Waals surface area contributed by atoms with Crippen LogP contribution in [0.25, 0.3) is 0 Å². The predicted molar refractivity (Wildman–Crippen MR) is 93.0 cm³/mol. The van der Waals surface area contributed by atoms with Crippen molar-refractivity contribution in [3.8, 4) is 17.5 Å². The Bertz CT molecular complexity index is 881. The fraction of sp³-hybridized carbons (Fsp3) is 0.500. The second-order valence-electron chi connectivity index (χ2n) is 5.79. The summed E-state index contributed by atoms with van der Waals surface area (Å²) >= 11 is 0. The summed E-state index contributed by atoms with van der Waals surface area (Å²) in [6, 6.07) is 4.32. The number of aromatic nitrogens is 3. The molecule has 26 heavy (non-hydrogen) atoms. The van der Waals surface area contributed by atoms with Crippen molar-refractivity contribution in [3.05, 3.63) is 24.0 Å². The highest BCUT2D eigenvalue weighted by Gasteiger charge is 2.25. The first kappa shape index (κ1) is 18.5. The SMILES string of the molecule is CCn1c(OC)nnc1[C@@H](C)NS(=O)(=O)c1ccc2c(c1)OCCCO2. The van der Waals surface area contributed by atoms with E-state index in [4.69, 9.17) is 14.2 Å². The number of sulfonamides is 1. The van der Waals surface area contributed by atoms with Gasteiger partial charge in [-0.05, 0) is 26.0 Å². The van der Waals surface area contributed by atoms with Gasteiger partial charge < -0.3 is 14.2 Å². The van der Waals surface area contributed by atoms with E-state index in [1.54, 1.807) is 17.6 Å². The van der Waals surface area contributed by atoms with Crippen molar-refractivity contribution in [1.82, 2.24) is 19.5 Å². The van der Waals surface area contributed by atoms with Crippen LogP contribution in [-0.4, -0.2) is 43.5 Å². The monoisotopic (exact) mass is 382 g/mol. The number of methoxy groups -OCH3 is 1. The van der Waals surface area contributed by atoms with Gasteiger partial charge in [0.1, 0.15) is 0 Å². The molecule has 142 valence electrons. The summed E-state index contributed by atoms with van der Waals surface area (Å²) in [6.07, 6.45) is 0.751. The van der Waals surface area contributed by atoms with Gasteiger partial charge in [-0.3, -0.25) is 4.57 Å². The number of benzene rings is 1. The van der Waals surface area contributed by atoms with E-state index in [1.807, 2.05) is 6.92 Å². The maximum atomic E-state index is 12.8. The first-order valence-corrected chi connectivity index (χ1v) is 9.83. The Labute approximate surface area is 152 Å². The van der Waals surface area contributed by atoms with E-state index in [1.165, 1.54) is 19.2 Å². The van der Waals surface area contributed by atoms with E-state index in [0.29, 0.717) is 43.1 Å². The molecule has 1 N–H and O–H groups in total. The molecule has 0 spiro atoms. The summed E-state index contributed by atoms with van der Waals surface area (Å²) in [6.45, 7) is 5.20. The Kier molecular flexibility index (Phi) is 5.33. The highest BCUT2D eigenvalue weighted by Crippen LogP contribution is 2.32. The summed E-state index contributed by atoms with van der Waals surface area (Å²) < 4.78 is 46.1. The molecule has 1 aliphatic heterocycles. The van der Waals surface area contributed by atoms with Crippen molar-refractivity contribution >= 4 is 10.0 Å². The van der Waals surface area contributed by atoms with Crippen LogP contribution in [0, 0.1) is 0 Å². The van der Waals surface area contributed by atoms with Crippen LogP contribution in [0.15, 0.2) is 23.1 Å². The molecule has 0 saturated heterocycles. The smallest absolute Gasteiger partial charge is 0.316 e. The molecule has 1 aromatic carbocycles. The average Bonchev–Trinajstić information content (AvgIpc) is 2.90. The first-order valence-electron chi connectivity index (χ1n) is 8.35. The molecule has 3 rings (SSSR count). The Hall–Kier alpha value is -2.33. The highest BCUT2D eigenvalue weighted by atomic mass is 32.2. The summed E-state index contributed by atoms with van der Waals surface area (Å²) in [7, 11) is -2.29. The Morgan fingerprint density at radius 1 is 1.27 bits per heavy atom. The second kappa shape index (κ2) is 7.50. The number of ether oxygens (including phenoxy) is 3. The molecule has 0 amide bonds. The average molecular weight is 382 g/mol. The van der Waals surface area contributed by atoms with Gasteiger partial charge in [0, 0.05) is 19.0 Å². The van der Waals surface area contributed by atoms with Crippen molar-refractivity contribution in [2.24, 2.45) is 0 Å². The molecule has 0 unspecified atom stereocenters. The van der Waals surface area contributed by atoms with Gasteiger partial charge in [-0.1, -0.05) is 5.10 Å². The zero-order chi connectivity index (χ0) is 18.7. The number of nitrogens with one attached hydrogen (secondary N) is 1. The number of nitrogens with zero attached hydrogens (tertiary/aromatic N) is 3. The number of rotatable bonds is 6. The summed E-state index contributed by atoms with van der Waals surface area (Å²) in [4.78, 5) is 0.100. The number of hydrogen-bond donors (Lipinski definition) is 1. The molecule has 0 fully saturated rings. The largest absolute Gasteiger partial charge is 0.490 e. The van der Waals surface area contributed by atoms with Gasteiger partial charge in [0.25, 0.3) is 0 Å². The van der Waals surface area contributed by atoms with Crippen LogP contribution >= 0.6 is 0 Å². The molecule has 0 saturated carbocycles. The Balaban J connectivity index is 1.85. The van der Waals surface area contributed by atoms with E-state index >= 15 is 0 Å². The van der Waals surface area contributed by atoms with Gasteiger partial charge in [-0.25, -0.2) is 13.1 Å². The fourth-order valence-electron chi connectivity index (χ4n) is 2.73. The highest BCUT2D eigenvalue weighted by molar-refractivity contribution is 7.89. The fourth-order valence-corrected chi connectivity index (χ4v) is 3.95. The minimum absolute atomic E-state index is 0.100. The summed E-state index contributed by atoms with van der Waals surface area (Å²) in [5.41, 5.74) is 0. The topological polar surface area (TPSA) is 105 Å². The van der Waals surface area contributed by atoms with Crippen molar-refractivity contribution in [2.75, 3.05) is 20.3 Å². The van der Waals surface area contributed by atoms with Gasteiger partial charge in [0.05, 0.1) is 31.3 Å². The van der Waals surface area contributed by atoms with Crippen LogP contribution in [0.1, 0.15) is 32.1 Å². The third-order valence-corrected chi connectivity index (χ3v) is 5.53. The predicted octanol–water partition coefficient (Wildman–Crippen LogP) is 1.51. The molecule has 2 heterocycles. The molecule has 9 nitrogen and oxygen atoms in total. The van der Waals surface area contributed by atoms with E-state index in [-0.39, 0.29) is 4.90 Å². The van der Waals surface area contributed by atoms with Crippen LogP contribution < -0.4 is 18.9 Å². The quantitative estimate of drug-likeness (QED) is 0.807. The Morgan fingerprint density at radius 2 is 2.00 bits per heavy atom. The van der Waals surface area contributed by atoms with Gasteiger partial charge in [-0.2, -0.15) is 0 Å². The normalized spacial score (nSPS) is 15.3. The number of hydrogen-bond acceptors (Lipinski definition) is 7. The van der Waals surface area contributed by atoms with Crippen LogP contribution in [0.5, 0.6) is 17.5 Å². The van der Waals surface area contributed by atoms with Gasteiger partial charge in [0.2, 0.25) is 10.0 Å². The molecule has 1 atom stereocenters. The van der Waals surface area contributed by atoms with Crippen molar-refractivity contribution in [1.29, 1.82) is 0 Å². The molecule has 10 heteroatoms. The summed E-state index contributed by atoms with van der Waals surface area (Å²) in [5, 5.41) is 7.95. The first-order chi connectivity index (χ1) is 12.5. The maximum absolute atomic E-state index is 12.8. The standard InChI is InChI=1S/C16H22N4O5S/c1-4-20-15(17-18-16(20)23-3)11(2)19-26(21,22)12-6-7-13-14(10-12)25-9-5-8-24-13/h6-7,10-11,19H,4-5,8-9H2,1-3H3/t11-/m1/s1. The van der Waals surface area contributed by atoms with Crippen LogP contribution in [0.2, 0.25) is 0 Å². The molecule has 1 aliphatic rings. The molecule has 1 aromatic heterocycles. The Morgan fingerprint density at radius 3 is 2.69 bits per heavy atom. The van der Waals surface area contributed by atoms with E-state index in [2.05, 4.69) is 14.9 Å². The molecule has 2 aromatic rings. The lowest BCUT2D eigenvalue weighted by Gasteiger charge is -2.16. The minimum Gasteiger partial charge on any atom is -0.490 e. The molecule has 0 bridgehead atoms. The third-order valence-electron chi connectivity index (χ3n) is 3.99. The molecule has 0 radical (unpaired) electrons. The molecular weight excluding hydrogens is 360 g/mol. The molecule has 0 aliphatic carbocycles.